The SMILES string of the molecule is O=C(O)Cl.O=C(O)Cl.[Pd]. The summed E-state index contributed by atoms with van der Waals surface area (Å²) < 4.78 is 0. The van der Waals surface area contributed by atoms with E-state index in [0.717, 1.165) is 0 Å². The Hall–Kier alpha value is 0.182. The molecule has 0 aliphatic carbocycles. The van der Waals surface area contributed by atoms with Crippen molar-refractivity contribution in [3.8, 4) is 0 Å². The summed E-state index contributed by atoms with van der Waals surface area (Å²) in [5, 5.41) is 14.4. The minimum atomic E-state index is -1.36. The molecule has 0 unspecified atom stereocenters. The first kappa shape index (κ1) is 16.1. The third kappa shape index (κ3) is 9410. The van der Waals surface area contributed by atoms with Gasteiger partial charge in [-0.3, -0.25) is 0 Å². The van der Waals surface area contributed by atoms with Gasteiger partial charge in [0, 0.05) is 43.6 Å². The van der Waals surface area contributed by atoms with Gasteiger partial charge in [0.15, 0.2) is 0 Å². The number of rotatable bonds is 0. The molecule has 7 heteroatoms. The molecule has 0 aliphatic heterocycles. The van der Waals surface area contributed by atoms with Gasteiger partial charge in [0.1, 0.15) is 0 Å². The summed E-state index contributed by atoms with van der Waals surface area (Å²) in [5.74, 6) is 0. The zero-order chi connectivity index (χ0) is 7.15. The summed E-state index contributed by atoms with van der Waals surface area (Å²) in [4.78, 5) is 17.5. The Morgan fingerprint density at radius 1 is 1.00 bits per heavy atom. The summed E-state index contributed by atoms with van der Waals surface area (Å²) in [6.45, 7) is 0. The van der Waals surface area contributed by atoms with E-state index in [9.17, 15) is 0 Å². The molecule has 0 radical (unpaired) electrons. The van der Waals surface area contributed by atoms with Crippen LogP contribution in [-0.4, -0.2) is 21.1 Å². The van der Waals surface area contributed by atoms with Crippen molar-refractivity contribution in [2.24, 2.45) is 0 Å². The molecule has 0 bridgehead atoms. The summed E-state index contributed by atoms with van der Waals surface area (Å²) in [6.07, 6.45) is 0. The van der Waals surface area contributed by atoms with Crippen molar-refractivity contribution in [1.29, 1.82) is 0 Å². The number of hydrogen-bond donors (Lipinski definition) is 2. The molecular weight excluding hydrogens is 265 g/mol. The quantitative estimate of drug-likeness (QED) is 0.518. The molecule has 0 spiro atoms. The number of carboxylic acid groups (broad SMARTS) is 2. The third-order valence-corrected chi connectivity index (χ3v) is 0. The average molecular weight is 267 g/mol. The smallest absolute Gasteiger partial charge is 0.401 e. The van der Waals surface area contributed by atoms with E-state index in [4.69, 9.17) is 19.8 Å². The first-order valence-electron chi connectivity index (χ1n) is 1.23. The van der Waals surface area contributed by atoms with Crippen LogP contribution in [-0.2, 0) is 20.4 Å². The summed E-state index contributed by atoms with van der Waals surface area (Å²) in [5.41, 5.74) is -2.72. The molecule has 9 heavy (non-hydrogen) atoms. The van der Waals surface area contributed by atoms with Crippen molar-refractivity contribution in [3.63, 3.8) is 0 Å². The van der Waals surface area contributed by atoms with E-state index in [2.05, 4.69) is 23.2 Å². The fourth-order valence-electron chi connectivity index (χ4n) is 0. The molecule has 0 heterocycles. The van der Waals surface area contributed by atoms with Gasteiger partial charge in [0.25, 0.3) is 0 Å². The molecule has 0 atom stereocenters. The van der Waals surface area contributed by atoms with E-state index < -0.39 is 10.9 Å². The molecule has 4 nitrogen and oxygen atoms in total. The third-order valence-electron chi connectivity index (χ3n) is 0. The van der Waals surface area contributed by atoms with Gasteiger partial charge in [-0.1, -0.05) is 0 Å². The van der Waals surface area contributed by atoms with Crippen LogP contribution in [0.25, 0.3) is 0 Å². The van der Waals surface area contributed by atoms with Crippen molar-refractivity contribution in [2.75, 3.05) is 0 Å². The largest absolute Gasteiger partial charge is 0.469 e. The zero-order valence-corrected chi connectivity index (χ0v) is 6.85. The molecule has 0 aromatic rings. The maximum Gasteiger partial charge on any atom is 0.401 e. The Labute approximate surface area is 74.4 Å². The summed E-state index contributed by atoms with van der Waals surface area (Å²) in [7, 11) is 0. The van der Waals surface area contributed by atoms with E-state index in [-0.39, 0.29) is 20.4 Å². The monoisotopic (exact) mass is 266 g/mol. The normalized spacial score (nSPS) is 5.56. The van der Waals surface area contributed by atoms with Crippen molar-refractivity contribution in [2.45, 2.75) is 0 Å². The molecule has 0 aromatic heterocycles. The van der Waals surface area contributed by atoms with Crippen LogP contribution in [0.3, 0.4) is 0 Å². The van der Waals surface area contributed by atoms with Crippen LogP contribution >= 0.6 is 23.2 Å². The fraction of sp³-hybridized carbons (Fsp3) is 0. The minimum absolute atomic E-state index is 0. The number of carbonyl (C=O) groups is 2. The maximum absolute atomic E-state index is 8.77. The Balaban J connectivity index is -0.0000000720. The van der Waals surface area contributed by atoms with Gasteiger partial charge >= 0.3 is 10.9 Å². The molecular formula is C2H2Cl2O4Pd. The van der Waals surface area contributed by atoms with Crippen LogP contribution in [0.4, 0.5) is 9.59 Å². The molecule has 2 N–H and O–H groups in total. The van der Waals surface area contributed by atoms with E-state index in [1.165, 1.54) is 0 Å². The predicted molar refractivity (Wildman–Crippen MR) is 27.8 cm³/mol. The van der Waals surface area contributed by atoms with Crippen molar-refractivity contribution in [1.82, 2.24) is 0 Å². The van der Waals surface area contributed by atoms with Crippen LogP contribution in [0, 0.1) is 0 Å². The molecule has 0 aromatic carbocycles. The second-order valence-corrected chi connectivity index (χ2v) is 1.15. The van der Waals surface area contributed by atoms with Gasteiger partial charge in [-0.25, -0.2) is 9.59 Å². The molecule has 0 saturated heterocycles. The molecule has 0 aliphatic rings. The second kappa shape index (κ2) is 11.0. The standard InChI is InChI=1S/2CHClO2.Pd/c2*2-1(3)4;/h2*(H,3,4);. The molecule has 0 rings (SSSR count). The first-order valence-corrected chi connectivity index (χ1v) is 1.99. The van der Waals surface area contributed by atoms with Gasteiger partial charge in [0.2, 0.25) is 0 Å². The van der Waals surface area contributed by atoms with Gasteiger partial charge in [0.05, 0.1) is 0 Å². The average Bonchev–Trinajstić information content (AvgIpc) is 1.25. The van der Waals surface area contributed by atoms with Crippen molar-refractivity contribution < 1.29 is 40.2 Å². The van der Waals surface area contributed by atoms with Crippen LogP contribution in [0.5, 0.6) is 0 Å². The summed E-state index contributed by atoms with van der Waals surface area (Å²) in [6, 6.07) is 0. The minimum Gasteiger partial charge on any atom is -0.469 e. The van der Waals surface area contributed by atoms with Gasteiger partial charge in [-0.05, 0) is 0 Å². The van der Waals surface area contributed by atoms with Crippen LogP contribution in [0.1, 0.15) is 0 Å². The Morgan fingerprint density at radius 3 is 1.00 bits per heavy atom. The Kier molecular flexibility index (Phi) is 19.7. The van der Waals surface area contributed by atoms with E-state index in [1.54, 1.807) is 0 Å². The molecule has 0 saturated carbocycles. The van der Waals surface area contributed by atoms with E-state index >= 15 is 0 Å². The summed E-state index contributed by atoms with van der Waals surface area (Å²) >= 11 is 8.38. The first-order chi connectivity index (χ1) is 3.46. The molecule has 0 fully saturated rings. The Morgan fingerprint density at radius 2 is 1.00 bits per heavy atom. The molecule has 58 valence electrons. The van der Waals surface area contributed by atoms with Gasteiger partial charge in [-0.2, -0.15) is 0 Å². The van der Waals surface area contributed by atoms with Crippen LogP contribution in [0.15, 0.2) is 0 Å². The van der Waals surface area contributed by atoms with E-state index in [0.29, 0.717) is 0 Å². The predicted octanol–water partition coefficient (Wildman–Crippen LogP) is 1.80. The van der Waals surface area contributed by atoms with Gasteiger partial charge < -0.3 is 10.2 Å². The Bertz CT molecular complexity index is 74.6. The second-order valence-electron chi connectivity index (χ2n) is 0.506. The fourth-order valence-corrected chi connectivity index (χ4v) is 0. The maximum atomic E-state index is 8.77. The number of hydrogen-bond acceptors (Lipinski definition) is 2. The topological polar surface area (TPSA) is 74.6 Å². The van der Waals surface area contributed by atoms with Crippen molar-refractivity contribution in [3.05, 3.63) is 0 Å². The van der Waals surface area contributed by atoms with E-state index in [1.807, 2.05) is 0 Å². The van der Waals surface area contributed by atoms with Crippen molar-refractivity contribution >= 4 is 34.1 Å². The van der Waals surface area contributed by atoms with Crippen LogP contribution in [0.2, 0.25) is 0 Å². The van der Waals surface area contributed by atoms with Gasteiger partial charge in [-0.15, -0.1) is 0 Å². The van der Waals surface area contributed by atoms with Crippen LogP contribution < -0.4 is 0 Å². The zero-order valence-electron chi connectivity index (χ0n) is 3.78. The molecule has 0 amide bonds. The number of halogens is 2.